The molecule has 0 saturated carbocycles. The Morgan fingerprint density at radius 1 is 0.757 bits per heavy atom. The summed E-state index contributed by atoms with van der Waals surface area (Å²) in [5, 5.41) is 4.17. The number of hydrogen-bond acceptors (Lipinski definition) is 4. The molecule has 1 amide bonds. The molecule has 5 nitrogen and oxygen atoms in total. The highest BCUT2D eigenvalue weighted by Crippen LogP contribution is 2.29. The molecule has 0 bridgehead atoms. The van der Waals surface area contributed by atoms with Crippen molar-refractivity contribution in [3.8, 4) is 16.9 Å². The van der Waals surface area contributed by atoms with Crippen molar-refractivity contribution in [2.24, 2.45) is 0 Å². The third-order valence-electron chi connectivity index (χ3n) is 6.55. The summed E-state index contributed by atoms with van der Waals surface area (Å²) in [5.74, 6) is 0.664. The van der Waals surface area contributed by atoms with E-state index < -0.39 is 0 Å². The van der Waals surface area contributed by atoms with Gasteiger partial charge < -0.3 is 15.0 Å². The van der Waals surface area contributed by atoms with Crippen LogP contribution in [0, 0.1) is 0 Å². The summed E-state index contributed by atoms with van der Waals surface area (Å²) in [4.78, 5) is 17.1. The summed E-state index contributed by atoms with van der Waals surface area (Å²) in [5.41, 5.74) is 5.36. The zero-order valence-electron chi connectivity index (χ0n) is 20.6. The Bertz CT molecular complexity index is 1300. The van der Waals surface area contributed by atoms with Gasteiger partial charge in [0.25, 0.3) is 5.91 Å². The maximum atomic E-state index is 12.9. The summed E-state index contributed by atoms with van der Waals surface area (Å²) in [6, 6.07) is 34.2. The van der Waals surface area contributed by atoms with E-state index in [0.717, 1.165) is 41.6 Å². The molecule has 1 saturated heterocycles. The van der Waals surface area contributed by atoms with Gasteiger partial charge >= 0.3 is 0 Å². The summed E-state index contributed by atoms with van der Waals surface area (Å²) >= 11 is 5.99. The summed E-state index contributed by atoms with van der Waals surface area (Å²) in [6.07, 6.45) is 0. The first kappa shape index (κ1) is 24.9. The standard InChI is InChI=1S/C31H30ClN3O2/c32-27-14-10-24(11-15-27)22-34-18-20-35(21-19-34)31(36)23-37-30-9-5-4-8-29(30)33-28-16-12-26(13-17-28)25-6-2-1-3-7-25/h1-17,33H,18-23H2. The average molecular weight is 512 g/mol. The number of ether oxygens (including phenoxy) is 1. The van der Waals surface area contributed by atoms with Crippen molar-refractivity contribution in [3.63, 3.8) is 0 Å². The number of anilines is 2. The van der Waals surface area contributed by atoms with Crippen LogP contribution in [0.1, 0.15) is 5.56 Å². The molecule has 0 aliphatic carbocycles. The van der Waals surface area contributed by atoms with Gasteiger partial charge in [-0.05, 0) is 53.1 Å². The zero-order valence-corrected chi connectivity index (χ0v) is 21.4. The highest BCUT2D eigenvalue weighted by Gasteiger charge is 2.21. The SMILES string of the molecule is O=C(COc1ccccc1Nc1ccc(-c2ccccc2)cc1)N1CCN(Cc2ccc(Cl)cc2)CC1. The monoisotopic (exact) mass is 511 g/mol. The fourth-order valence-electron chi connectivity index (χ4n) is 4.46. The number of amides is 1. The minimum atomic E-state index is 0.00756. The molecular weight excluding hydrogens is 482 g/mol. The molecule has 0 spiro atoms. The quantitative estimate of drug-likeness (QED) is 0.294. The Morgan fingerprint density at radius 3 is 2.14 bits per heavy atom. The van der Waals surface area contributed by atoms with Crippen molar-refractivity contribution in [3.05, 3.63) is 114 Å². The molecule has 1 heterocycles. The van der Waals surface area contributed by atoms with Crippen molar-refractivity contribution in [1.29, 1.82) is 0 Å². The molecule has 0 unspecified atom stereocenters. The van der Waals surface area contributed by atoms with Crippen LogP contribution in [-0.4, -0.2) is 48.5 Å². The molecule has 4 aromatic rings. The van der Waals surface area contributed by atoms with Crippen molar-refractivity contribution >= 4 is 28.9 Å². The lowest BCUT2D eigenvalue weighted by molar-refractivity contribution is -0.135. The van der Waals surface area contributed by atoms with E-state index in [4.69, 9.17) is 16.3 Å². The van der Waals surface area contributed by atoms with E-state index in [-0.39, 0.29) is 12.5 Å². The van der Waals surface area contributed by atoms with Crippen LogP contribution in [0.2, 0.25) is 5.02 Å². The zero-order chi connectivity index (χ0) is 25.5. The lowest BCUT2D eigenvalue weighted by atomic mass is 10.1. The van der Waals surface area contributed by atoms with E-state index in [1.54, 1.807) is 0 Å². The fourth-order valence-corrected chi connectivity index (χ4v) is 4.59. The Hall–Kier alpha value is -3.80. The first-order valence-electron chi connectivity index (χ1n) is 12.5. The van der Waals surface area contributed by atoms with Crippen LogP contribution in [0.5, 0.6) is 5.75 Å². The number of piperazine rings is 1. The van der Waals surface area contributed by atoms with Crippen LogP contribution < -0.4 is 10.1 Å². The number of halogens is 1. The molecule has 37 heavy (non-hydrogen) atoms. The normalized spacial score (nSPS) is 13.8. The predicted molar refractivity (Wildman–Crippen MR) is 150 cm³/mol. The molecule has 1 N–H and O–H groups in total. The van der Waals surface area contributed by atoms with E-state index in [0.29, 0.717) is 18.8 Å². The number of hydrogen-bond donors (Lipinski definition) is 1. The van der Waals surface area contributed by atoms with Gasteiger partial charge in [-0.15, -0.1) is 0 Å². The van der Waals surface area contributed by atoms with E-state index in [9.17, 15) is 4.79 Å². The van der Waals surface area contributed by atoms with Crippen LogP contribution >= 0.6 is 11.6 Å². The Labute approximate surface area is 223 Å². The largest absolute Gasteiger partial charge is 0.482 e. The lowest BCUT2D eigenvalue weighted by Gasteiger charge is -2.34. The van der Waals surface area contributed by atoms with Crippen molar-refractivity contribution in [1.82, 2.24) is 9.80 Å². The highest BCUT2D eigenvalue weighted by molar-refractivity contribution is 6.30. The van der Waals surface area contributed by atoms with E-state index in [1.807, 2.05) is 71.6 Å². The lowest BCUT2D eigenvalue weighted by Crippen LogP contribution is -2.49. The van der Waals surface area contributed by atoms with Crippen molar-refractivity contribution in [2.45, 2.75) is 6.54 Å². The van der Waals surface area contributed by atoms with E-state index >= 15 is 0 Å². The van der Waals surface area contributed by atoms with Gasteiger partial charge in [0.15, 0.2) is 6.61 Å². The molecule has 6 heteroatoms. The van der Waals surface area contributed by atoms with Gasteiger partial charge in [0, 0.05) is 43.4 Å². The number of carbonyl (C=O) groups is 1. The molecule has 0 radical (unpaired) electrons. The molecule has 0 aromatic heterocycles. The van der Waals surface area contributed by atoms with Gasteiger partial charge in [0.2, 0.25) is 0 Å². The van der Waals surface area contributed by atoms with Gasteiger partial charge in [-0.1, -0.05) is 78.3 Å². The third kappa shape index (κ3) is 6.70. The molecule has 1 aliphatic rings. The first-order valence-corrected chi connectivity index (χ1v) is 12.9. The number of rotatable bonds is 8. The van der Waals surface area contributed by atoms with Crippen LogP contribution in [0.15, 0.2) is 103 Å². The van der Waals surface area contributed by atoms with Crippen LogP contribution in [-0.2, 0) is 11.3 Å². The Balaban J connectivity index is 1.13. The van der Waals surface area contributed by atoms with Crippen molar-refractivity contribution < 1.29 is 9.53 Å². The third-order valence-corrected chi connectivity index (χ3v) is 6.81. The molecule has 188 valence electrons. The summed E-state index contributed by atoms with van der Waals surface area (Å²) in [7, 11) is 0. The molecule has 4 aromatic carbocycles. The fraction of sp³-hybridized carbons (Fsp3) is 0.194. The van der Waals surface area contributed by atoms with Crippen molar-refractivity contribution in [2.75, 3.05) is 38.1 Å². The smallest absolute Gasteiger partial charge is 0.260 e. The number of nitrogens with zero attached hydrogens (tertiary/aromatic N) is 2. The highest BCUT2D eigenvalue weighted by atomic mass is 35.5. The number of nitrogens with one attached hydrogen (secondary N) is 1. The van der Waals surface area contributed by atoms with Gasteiger partial charge in [0.1, 0.15) is 5.75 Å². The summed E-state index contributed by atoms with van der Waals surface area (Å²) < 4.78 is 5.97. The molecule has 5 rings (SSSR count). The van der Waals surface area contributed by atoms with E-state index in [1.165, 1.54) is 11.1 Å². The second kappa shape index (κ2) is 12.0. The number of benzene rings is 4. The topological polar surface area (TPSA) is 44.8 Å². The maximum absolute atomic E-state index is 12.9. The molecular formula is C31H30ClN3O2. The van der Waals surface area contributed by atoms with Gasteiger partial charge in [0.05, 0.1) is 5.69 Å². The van der Waals surface area contributed by atoms with Crippen LogP contribution in [0.25, 0.3) is 11.1 Å². The second-order valence-corrected chi connectivity index (χ2v) is 9.57. The predicted octanol–water partition coefficient (Wildman–Crippen LogP) is 6.47. The Morgan fingerprint density at radius 2 is 1.41 bits per heavy atom. The minimum Gasteiger partial charge on any atom is -0.482 e. The molecule has 1 fully saturated rings. The molecule has 1 aliphatic heterocycles. The van der Waals surface area contributed by atoms with Crippen LogP contribution in [0.4, 0.5) is 11.4 Å². The second-order valence-electron chi connectivity index (χ2n) is 9.14. The Kier molecular flexibility index (Phi) is 8.04. The maximum Gasteiger partial charge on any atom is 0.260 e. The van der Waals surface area contributed by atoms with Crippen LogP contribution in [0.3, 0.4) is 0 Å². The average Bonchev–Trinajstić information content (AvgIpc) is 2.95. The molecule has 0 atom stereocenters. The van der Waals surface area contributed by atoms with Gasteiger partial charge in [-0.3, -0.25) is 9.69 Å². The summed E-state index contributed by atoms with van der Waals surface area (Å²) in [6.45, 7) is 3.95. The van der Waals surface area contributed by atoms with Gasteiger partial charge in [-0.2, -0.15) is 0 Å². The number of para-hydroxylation sites is 2. The minimum absolute atomic E-state index is 0.00756. The number of carbonyl (C=O) groups excluding carboxylic acids is 1. The van der Waals surface area contributed by atoms with E-state index in [2.05, 4.69) is 46.6 Å². The van der Waals surface area contributed by atoms with Gasteiger partial charge in [-0.25, -0.2) is 0 Å². The first-order chi connectivity index (χ1) is 18.1.